The van der Waals surface area contributed by atoms with E-state index < -0.39 is 6.17 Å². The standard InChI is InChI=1S/C26H33N9O2/c1-17(35-31-26(30-32-35)22-12-21(37-2)13-24-23(22)15-28-29-24)34-10-8-20(11-25(34)36)33-9-4-7-19(16-33)27-14-18-5-3-6-18/h8,10-13,15,17-19,27H,3-7,9,14,16H2,1-2H3,(H,28,29). The van der Waals surface area contributed by atoms with Gasteiger partial charge in [-0.2, -0.15) is 5.10 Å². The first kappa shape index (κ1) is 23.7. The minimum Gasteiger partial charge on any atom is -0.497 e. The number of tetrazole rings is 1. The second kappa shape index (κ2) is 9.97. The van der Waals surface area contributed by atoms with Crippen LogP contribution in [0.5, 0.6) is 5.75 Å². The molecule has 37 heavy (non-hydrogen) atoms. The minimum atomic E-state index is -0.438. The normalized spacial score (nSPS) is 19.2. The number of hydrogen-bond acceptors (Lipinski definition) is 8. The Hall–Kier alpha value is -3.73. The Morgan fingerprint density at radius 3 is 2.89 bits per heavy atom. The molecule has 11 nitrogen and oxygen atoms in total. The van der Waals surface area contributed by atoms with E-state index in [0.717, 1.165) is 54.1 Å². The zero-order valence-electron chi connectivity index (χ0n) is 21.3. The van der Waals surface area contributed by atoms with Crippen molar-refractivity contribution in [3.63, 3.8) is 0 Å². The summed E-state index contributed by atoms with van der Waals surface area (Å²) >= 11 is 0. The van der Waals surface area contributed by atoms with Crippen LogP contribution in [-0.4, -0.2) is 67.8 Å². The highest BCUT2D eigenvalue weighted by molar-refractivity contribution is 5.93. The lowest BCUT2D eigenvalue weighted by atomic mass is 9.85. The average Bonchev–Trinajstić information content (AvgIpc) is 3.57. The summed E-state index contributed by atoms with van der Waals surface area (Å²) in [4.78, 5) is 16.9. The SMILES string of the molecule is COc1cc(-c2nnn(C(C)n3ccc(N4CCCC(NCC5CCC5)C4)cc3=O)n2)c2cn[nH]c2c1. The van der Waals surface area contributed by atoms with Gasteiger partial charge in [-0.25, -0.2) is 0 Å². The van der Waals surface area contributed by atoms with Crippen molar-refractivity contribution in [3.8, 4) is 17.1 Å². The first-order valence-corrected chi connectivity index (χ1v) is 13.1. The Labute approximate surface area is 214 Å². The first-order valence-electron chi connectivity index (χ1n) is 13.1. The second-order valence-electron chi connectivity index (χ2n) is 10.2. The maximum absolute atomic E-state index is 13.1. The number of methoxy groups -OCH3 is 1. The van der Waals surface area contributed by atoms with Crippen LogP contribution in [0.2, 0.25) is 0 Å². The molecule has 1 aliphatic heterocycles. The Morgan fingerprint density at radius 2 is 2.11 bits per heavy atom. The lowest BCUT2D eigenvalue weighted by Crippen LogP contribution is -2.47. The van der Waals surface area contributed by atoms with Gasteiger partial charge in [0.15, 0.2) is 0 Å². The number of aromatic amines is 1. The fourth-order valence-corrected chi connectivity index (χ4v) is 5.32. The summed E-state index contributed by atoms with van der Waals surface area (Å²) in [6.07, 6.45) is 9.52. The van der Waals surface area contributed by atoms with Crippen LogP contribution in [0.25, 0.3) is 22.3 Å². The summed E-state index contributed by atoms with van der Waals surface area (Å²) in [5, 5.41) is 24.8. The van der Waals surface area contributed by atoms with Gasteiger partial charge >= 0.3 is 0 Å². The fourth-order valence-electron chi connectivity index (χ4n) is 5.32. The maximum atomic E-state index is 13.1. The quantitative estimate of drug-likeness (QED) is 0.377. The number of rotatable bonds is 8. The van der Waals surface area contributed by atoms with Crippen LogP contribution in [-0.2, 0) is 0 Å². The Balaban J connectivity index is 1.18. The number of pyridine rings is 1. The van der Waals surface area contributed by atoms with Gasteiger partial charge in [0.2, 0.25) is 5.82 Å². The lowest BCUT2D eigenvalue weighted by Gasteiger charge is -2.36. The second-order valence-corrected chi connectivity index (χ2v) is 10.2. The summed E-state index contributed by atoms with van der Waals surface area (Å²) in [7, 11) is 1.61. The Morgan fingerprint density at radius 1 is 1.22 bits per heavy atom. The molecule has 0 bridgehead atoms. The van der Waals surface area contributed by atoms with Gasteiger partial charge in [0.25, 0.3) is 5.56 Å². The molecular weight excluding hydrogens is 470 g/mol. The number of aromatic nitrogens is 7. The smallest absolute Gasteiger partial charge is 0.254 e. The predicted octanol–water partition coefficient (Wildman–Crippen LogP) is 2.81. The largest absolute Gasteiger partial charge is 0.497 e. The Bertz CT molecular complexity index is 1440. The van der Waals surface area contributed by atoms with Crippen LogP contribution < -0.4 is 20.5 Å². The van der Waals surface area contributed by atoms with Crippen molar-refractivity contribution < 1.29 is 4.74 Å². The van der Waals surface area contributed by atoms with E-state index >= 15 is 0 Å². The van der Waals surface area contributed by atoms with E-state index in [4.69, 9.17) is 4.74 Å². The molecule has 2 aliphatic rings. The number of benzene rings is 1. The zero-order chi connectivity index (χ0) is 25.4. The third-order valence-electron chi connectivity index (χ3n) is 7.81. The highest BCUT2D eigenvalue weighted by atomic mass is 16.5. The number of nitrogens with zero attached hydrogens (tertiary/aromatic N) is 7. The molecule has 194 valence electrons. The lowest BCUT2D eigenvalue weighted by molar-refractivity contribution is 0.280. The van der Waals surface area contributed by atoms with Gasteiger partial charge in [-0.1, -0.05) is 6.42 Å². The topological polar surface area (TPSA) is 119 Å². The maximum Gasteiger partial charge on any atom is 0.254 e. The van der Waals surface area contributed by atoms with E-state index in [0.29, 0.717) is 17.6 Å². The van der Waals surface area contributed by atoms with Crippen LogP contribution in [0.4, 0.5) is 5.69 Å². The van der Waals surface area contributed by atoms with E-state index in [1.165, 1.54) is 30.5 Å². The van der Waals surface area contributed by atoms with Crippen LogP contribution in [0, 0.1) is 5.92 Å². The van der Waals surface area contributed by atoms with Gasteiger partial charge in [-0.05, 0) is 62.4 Å². The van der Waals surface area contributed by atoms with Crippen molar-refractivity contribution in [1.29, 1.82) is 0 Å². The van der Waals surface area contributed by atoms with Gasteiger partial charge in [0, 0.05) is 54.1 Å². The molecule has 2 fully saturated rings. The molecule has 0 radical (unpaired) electrons. The van der Waals surface area contributed by atoms with Gasteiger partial charge in [-0.15, -0.1) is 15.0 Å². The van der Waals surface area contributed by atoms with E-state index in [1.807, 2.05) is 31.3 Å². The van der Waals surface area contributed by atoms with Gasteiger partial charge in [0.1, 0.15) is 11.9 Å². The molecule has 2 N–H and O–H groups in total. The molecule has 1 aromatic carbocycles. The molecule has 1 saturated carbocycles. The molecular formula is C26H33N9O2. The minimum absolute atomic E-state index is 0.0907. The zero-order valence-corrected chi connectivity index (χ0v) is 21.3. The van der Waals surface area contributed by atoms with Gasteiger partial charge in [-0.3, -0.25) is 14.5 Å². The van der Waals surface area contributed by atoms with Crippen molar-refractivity contribution in [3.05, 3.63) is 47.0 Å². The van der Waals surface area contributed by atoms with E-state index in [2.05, 4.69) is 35.8 Å². The van der Waals surface area contributed by atoms with Crippen molar-refractivity contribution >= 4 is 16.6 Å². The average molecular weight is 504 g/mol. The van der Waals surface area contributed by atoms with Crippen LogP contribution in [0.3, 0.4) is 0 Å². The highest BCUT2D eigenvalue weighted by Crippen LogP contribution is 2.30. The van der Waals surface area contributed by atoms with Gasteiger partial charge < -0.3 is 15.0 Å². The molecule has 1 aliphatic carbocycles. The molecule has 1 saturated heterocycles. The van der Waals surface area contributed by atoms with Gasteiger partial charge in [0.05, 0.1) is 18.8 Å². The predicted molar refractivity (Wildman–Crippen MR) is 141 cm³/mol. The molecule has 4 heterocycles. The van der Waals surface area contributed by atoms with Crippen molar-refractivity contribution in [2.45, 2.75) is 51.2 Å². The number of ether oxygens (including phenoxy) is 1. The number of nitrogens with one attached hydrogen (secondary N) is 2. The summed E-state index contributed by atoms with van der Waals surface area (Å²) in [6.45, 7) is 4.90. The first-order chi connectivity index (χ1) is 18.1. The third kappa shape index (κ3) is 4.71. The highest BCUT2D eigenvalue weighted by Gasteiger charge is 2.24. The van der Waals surface area contributed by atoms with E-state index in [-0.39, 0.29) is 5.56 Å². The van der Waals surface area contributed by atoms with Crippen LogP contribution >= 0.6 is 0 Å². The molecule has 0 spiro atoms. The number of hydrogen-bond donors (Lipinski definition) is 2. The monoisotopic (exact) mass is 503 g/mol. The Kier molecular flexibility index (Phi) is 6.37. The number of H-pyrrole nitrogens is 1. The van der Waals surface area contributed by atoms with E-state index in [9.17, 15) is 4.79 Å². The van der Waals surface area contributed by atoms with E-state index in [1.54, 1.807) is 23.9 Å². The summed E-state index contributed by atoms with van der Waals surface area (Å²) in [5.74, 6) is 1.96. The summed E-state index contributed by atoms with van der Waals surface area (Å²) in [5.41, 5.74) is 2.46. The summed E-state index contributed by atoms with van der Waals surface area (Å²) < 4.78 is 7.04. The van der Waals surface area contributed by atoms with Crippen molar-refractivity contribution in [2.75, 3.05) is 31.6 Å². The number of fused-ring (bicyclic) bond motifs is 1. The molecule has 6 rings (SSSR count). The molecule has 2 unspecified atom stereocenters. The molecule has 0 amide bonds. The van der Waals surface area contributed by atoms with Crippen molar-refractivity contribution in [1.82, 2.24) is 40.3 Å². The van der Waals surface area contributed by atoms with Crippen LogP contribution in [0.15, 0.2) is 41.5 Å². The third-order valence-corrected chi connectivity index (χ3v) is 7.81. The summed E-state index contributed by atoms with van der Waals surface area (Å²) in [6, 6.07) is 7.94. The molecule has 4 aromatic rings. The number of anilines is 1. The number of piperidine rings is 1. The molecule has 11 heteroatoms. The fraction of sp³-hybridized carbons (Fsp3) is 0.500. The van der Waals surface area contributed by atoms with Crippen LogP contribution in [0.1, 0.15) is 45.2 Å². The molecule has 2 atom stereocenters. The molecule has 3 aromatic heterocycles. The van der Waals surface area contributed by atoms with Crippen molar-refractivity contribution in [2.24, 2.45) is 5.92 Å².